The molecule has 0 aliphatic carbocycles. The van der Waals surface area contributed by atoms with Gasteiger partial charge in [-0.3, -0.25) is 0 Å². The van der Waals surface area contributed by atoms with E-state index < -0.39 is 0 Å². The van der Waals surface area contributed by atoms with Crippen molar-refractivity contribution in [2.75, 3.05) is 7.05 Å². The first-order valence-electron chi connectivity index (χ1n) is 2.47. The summed E-state index contributed by atoms with van der Waals surface area (Å²) >= 11 is 0. The van der Waals surface area contributed by atoms with Gasteiger partial charge < -0.3 is 11.1 Å². The number of nitrogens with one attached hydrogen (secondary N) is 1. The smallest absolute Gasteiger partial charge is 0.0621 e. The molecular weight excluding hydrogens is 100 g/mol. The predicted molar refractivity (Wildman–Crippen MR) is 36.4 cm³/mol. The number of likely N-dealkylation sites (N-methyl/N-ethyl adjacent to an activating group) is 1. The van der Waals surface area contributed by atoms with Crippen molar-refractivity contribution in [3.8, 4) is 0 Å². The fourth-order valence-electron chi connectivity index (χ4n) is 0.309. The van der Waals surface area contributed by atoms with Crippen molar-refractivity contribution in [2.45, 2.75) is 6.04 Å². The molecule has 0 rings (SSSR count). The van der Waals surface area contributed by atoms with E-state index >= 15 is 0 Å². The molecule has 0 bridgehead atoms. The summed E-state index contributed by atoms with van der Waals surface area (Å²) in [4.78, 5) is 0. The Morgan fingerprint density at radius 2 is 2.38 bits per heavy atom. The number of rotatable bonds is 3. The molecule has 3 N–H and O–H groups in total. The summed E-state index contributed by atoms with van der Waals surface area (Å²) in [5, 5.41) is 2.82. The van der Waals surface area contributed by atoms with Crippen molar-refractivity contribution >= 4 is 0 Å². The third-order valence-electron chi connectivity index (χ3n) is 0.977. The van der Waals surface area contributed by atoms with Crippen molar-refractivity contribution in [2.24, 2.45) is 5.73 Å². The highest BCUT2D eigenvalue weighted by atomic mass is 14.9. The van der Waals surface area contributed by atoms with Gasteiger partial charge in [0.2, 0.25) is 0 Å². The number of hydrogen-bond donors (Lipinski definition) is 2. The Kier molecular flexibility index (Phi) is 2.96. The molecule has 1 atom stereocenters. The Morgan fingerprint density at radius 3 is 2.50 bits per heavy atom. The first kappa shape index (κ1) is 7.24. The molecule has 0 saturated carbocycles. The van der Waals surface area contributed by atoms with Crippen LogP contribution in [0.4, 0.5) is 0 Å². The van der Waals surface area contributed by atoms with Crippen molar-refractivity contribution in [1.82, 2.24) is 5.32 Å². The molecule has 0 amide bonds. The summed E-state index contributed by atoms with van der Waals surface area (Å²) in [7, 11) is 1.78. The molecule has 0 heterocycles. The van der Waals surface area contributed by atoms with Crippen LogP contribution in [0.2, 0.25) is 0 Å². The normalized spacial score (nSPS) is 12.2. The molecule has 0 spiro atoms. The van der Waals surface area contributed by atoms with Gasteiger partial charge in [0, 0.05) is 12.7 Å². The van der Waals surface area contributed by atoms with Gasteiger partial charge in [0.1, 0.15) is 0 Å². The summed E-state index contributed by atoms with van der Waals surface area (Å²) < 4.78 is 0. The Morgan fingerprint density at radius 1 is 1.88 bits per heavy atom. The Hall–Kier alpha value is -0.760. The van der Waals surface area contributed by atoms with E-state index in [1.165, 1.54) is 0 Å². The van der Waals surface area contributed by atoms with E-state index in [-0.39, 0.29) is 6.04 Å². The molecule has 0 aliphatic rings. The Balaban J connectivity index is 3.62. The largest absolute Gasteiger partial charge is 0.390 e. The average molecular weight is 112 g/mol. The molecule has 0 saturated heterocycles. The Labute approximate surface area is 50.1 Å². The summed E-state index contributed by atoms with van der Waals surface area (Å²) in [6.45, 7) is 7.14. The topological polar surface area (TPSA) is 38.0 Å². The van der Waals surface area contributed by atoms with Crippen LogP contribution >= 0.6 is 0 Å². The molecule has 0 fully saturated rings. The van der Waals surface area contributed by atoms with Crippen LogP contribution < -0.4 is 11.1 Å². The molecule has 2 heteroatoms. The van der Waals surface area contributed by atoms with E-state index in [0.29, 0.717) is 0 Å². The maximum absolute atomic E-state index is 5.45. The van der Waals surface area contributed by atoms with Crippen LogP contribution in [0, 0.1) is 0 Å². The van der Waals surface area contributed by atoms with E-state index in [2.05, 4.69) is 18.5 Å². The van der Waals surface area contributed by atoms with Crippen LogP contribution in [0.5, 0.6) is 0 Å². The maximum atomic E-state index is 5.45. The molecule has 0 aromatic rings. The van der Waals surface area contributed by atoms with Crippen molar-refractivity contribution in [3.63, 3.8) is 0 Å². The van der Waals surface area contributed by atoms with Gasteiger partial charge in [-0.15, -0.1) is 6.58 Å². The molecule has 0 aliphatic heterocycles. The highest BCUT2D eigenvalue weighted by Crippen LogP contribution is 1.88. The molecule has 2 nitrogen and oxygen atoms in total. The van der Waals surface area contributed by atoms with Crippen LogP contribution in [0.15, 0.2) is 24.9 Å². The van der Waals surface area contributed by atoms with Crippen molar-refractivity contribution in [1.29, 1.82) is 0 Å². The van der Waals surface area contributed by atoms with Gasteiger partial charge in [-0.25, -0.2) is 0 Å². The van der Waals surface area contributed by atoms with Gasteiger partial charge in [-0.05, 0) is 0 Å². The lowest BCUT2D eigenvalue weighted by Crippen LogP contribution is -2.26. The summed E-state index contributed by atoms with van der Waals surface area (Å²) in [6, 6.07) is -0.125. The van der Waals surface area contributed by atoms with Gasteiger partial charge in [-0.2, -0.15) is 0 Å². The summed E-state index contributed by atoms with van der Waals surface area (Å²) in [6.07, 6.45) is 1.64. The second-order valence-corrected chi connectivity index (χ2v) is 1.54. The molecular formula is C6H12N2. The van der Waals surface area contributed by atoms with Gasteiger partial charge in [0.25, 0.3) is 0 Å². The molecule has 8 heavy (non-hydrogen) atoms. The predicted octanol–water partition coefficient (Wildman–Crippen LogP) is 0.233. The van der Waals surface area contributed by atoms with E-state index in [9.17, 15) is 0 Å². The summed E-state index contributed by atoms with van der Waals surface area (Å²) in [5.41, 5.74) is 6.24. The van der Waals surface area contributed by atoms with E-state index in [0.717, 1.165) is 5.70 Å². The molecule has 0 aromatic heterocycles. The van der Waals surface area contributed by atoms with Crippen LogP contribution in [0.25, 0.3) is 0 Å². The fourth-order valence-corrected chi connectivity index (χ4v) is 0.309. The van der Waals surface area contributed by atoms with Gasteiger partial charge in [0.05, 0.1) is 6.04 Å². The lowest BCUT2D eigenvalue weighted by atomic mass is 10.2. The van der Waals surface area contributed by atoms with Crippen molar-refractivity contribution < 1.29 is 0 Å². The van der Waals surface area contributed by atoms with Gasteiger partial charge in [0.15, 0.2) is 0 Å². The highest BCUT2D eigenvalue weighted by molar-refractivity contribution is 5.08. The zero-order valence-corrected chi connectivity index (χ0v) is 5.15. The SMILES string of the molecule is C=C[C@H](N)C(=C)NC. The molecule has 0 radical (unpaired) electrons. The zero-order valence-electron chi connectivity index (χ0n) is 5.15. The molecule has 0 unspecified atom stereocenters. The van der Waals surface area contributed by atoms with Crippen LogP contribution in [-0.2, 0) is 0 Å². The third-order valence-corrected chi connectivity index (χ3v) is 0.977. The Bertz CT molecular complexity index is 96.7. The number of hydrogen-bond acceptors (Lipinski definition) is 2. The zero-order chi connectivity index (χ0) is 6.57. The van der Waals surface area contributed by atoms with Crippen molar-refractivity contribution in [3.05, 3.63) is 24.9 Å². The number of nitrogens with two attached hydrogens (primary N) is 1. The standard InChI is InChI=1S/C6H12N2/c1-4-6(7)5(2)8-3/h4,6,8H,1-2,7H2,3H3/t6-/m0/s1. The third kappa shape index (κ3) is 1.80. The molecule has 46 valence electrons. The maximum Gasteiger partial charge on any atom is 0.0621 e. The fraction of sp³-hybridized carbons (Fsp3) is 0.333. The lowest BCUT2D eigenvalue weighted by Gasteiger charge is -2.07. The van der Waals surface area contributed by atoms with Gasteiger partial charge >= 0.3 is 0 Å². The van der Waals surface area contributed by atoms with Gasteiger partial charge in [-0.1, -0.05) is 12.7 Å². The second kappa shape index (κ2) is 3.27. The minimum absolute atomic E-state index is 0.125. The minimum atomic E-state index is -0.125. The second-order valence-electron chi connectivity index (χ2n) is 1.54. The minimum Gasteiger partial charge on any atom is -0.390 e. The summed E-state index contributed by atoms with van der Waals surface area (Å²) in [5.74, 6) is 0. The first-order chi connectivity index (χ1) is 3.72. The van der Waals surface area contributed by atoms with E-state index in [1.807, 2.05) is 0 Å². The first-order valence-corrected chi connectivity index (χ1v) is 2.47. The van der Waals surface area contributed by atoms with Crippen LogP contribution in [-0.4, -0.2) is 13.1 Å². The highest BCUT2D eigenvalue weighted by Gasteiger charge is 1.95. The lowest BCUT2D eigenvalue weighted by molar-refractivity contribution is 0.837. The molecule has 0 aromatic carbocycles. The van der Waals surface area contributed by atoms with Crippen LogP contribution in [0.1, 0.15) is 0 Å². The van der Waals surface area contributed by atoms with Crippen LogP contribution in [0.3, 0.4) is 0 Å². The average Bonchev–Trinajstić information content (AvgIpc) is 1.84. The van der Waals surface area contributed by atoms with E-state index in [4.69, 9.17) is 5.73 Å². The van der Waals surface area contributed by atoms with E-state index in [1.54, 1.807) is 13.1 Å². The monoisotopic (exact) mass is 112 g/mol. The quantitative estimate of drug-likeness (QED) is 0.513.